The lowest BCUT2D eigenvalue weighted by molar-refractivity contribution is 0.857. The van der Waals surface area contributed by atoms with Crippen LogP contribution in [0.2, 0.25) is 0 Å². The van der Waals surface area contributed by atoms with Crippen LogP contribution in [-0.2, 0) is 0 Å². The zero-order valence-corrected chi connectivity index (χ0v) is 9.92. The van der Waals surface area contributed by atoms with Crippen LogP contribution < -0.4 is 0 Å². The van der Waals surface area contributed by atoms with Gasteiger partial charge in [0.05, 0.1) is 5.52 Å². The maximum atomic E-state index is 4.20. The topological polar surface area (TPSA) is 30.2 Å². The number of aromatic nitrogens is 3. The Hall–Kier alpha value is -1.68. The van der Waals surface area contributed by atoms with Crippen molar-refractivity contribution in [2.75, 3.05) is 0 Å². The van der Waals surface area contributed by atoms with E-state index in [4.69, 9.17) is 0 Å². The van der Waals surface area contributed by atoms with Gasteiger partial charge in [-0.05, 0) is 24.3 Å². The number of hydrogen-bond donors (Lipinski definition) is 0. The summed E-state index contributed by atoms with van der Waals surface area (Å²) >= 11 is 3.46. The average molecular weight is 274 g/mol. The second kappa shape index (κ2) is 3.72. The lowest BCUT2D eigenvalue weighted by Gasteiger charge is -1.97. The molecular weight excluding hydrogens is 266 g/mol. The van der Waals surface area contributed by atoms with Crippen LogP contribution in [0.3, 0.4) is 0 Å². The van der Waals surface area contributed by atoms with Gasteiger partial charge in [-0.1, -0.05) is 39.3 Å². The highest BCUT2D eigenvalue weighted by Crippen LogP contribution is 2.24. The van der Waals surface area contributed by atoms with Crippen LogP contribution in [0.25, 0.3) is 16.8 Å². The van der Waals surface area contributed by atoms with E-state index >= 15 is 0 Å². The molecule has 78 valence electrons. The summed E-state index contributed by atoms with van der Waals surface area (Å²) in [5, 5.41) is 8.27. The monoisotopic (exact) mass is 273 g/mol. The summed E-state index contributed by atoms with van der Waals surface area (Å²) in [4.78, 5) is 0. The van der Waals surface area contributed by atoms with Crippen molar-refractivity contribution >= 4 is 21.4 Å². The first-order valence-corrected chi connectivity index (χ1v) is 5.70. The molecule has 0 atom stereocenters. The summed E-state index contributed by atoms with van der Waals surface area (Å²) in [6, 6.07) is 14.0. The number of pyridine rings is 1. The fourth-order valence-electron chi connectivity index (χ4n) is 1.69. The van der Waals surface area contributed by atoms with Gasteiger partial charge in [-0.25, -0.2) is 4.52 Å². The summed E-state index contributed by atoms with van der Waals surface area (Å²) in [6.07, 6.45) is 1.89. The van der Waals surface area contributed by atoms with E-state index in [0.29, 0.717) is 0 Å². The molecule has 0 N–H and O–H groups in total. The SMILES string of the molecule is Brc1cccc(-c2nnn3ccccc23)c1. The van der Waals surface area contributed by atoms with E-state index in [1.54, 1.807) is 4.52 Å². The molecule has 0 radical (unpaired) electrons. The van der Waals surface area contributed by atoms with Gasteiger partial charge in [-0.3, -0.25) is 0 Å². The molecule has 0 saturated heterocycles. The van der Waals surface area contributed by atoms with Gasteiger partial charge in [-0.2, -0.15) is 0 Å². The Labute approximate surface area is 101 Å². The smallest absolute Gasteiger partial charge is 0.120 e. The van der Waals surface area contributed by atoms with Crippen LogP contribution in [0.5, 0.6) is 0 Å². The average Bonchev–Trinajstić information content (AvgIpc) is 2.72. The second-order valence-electron chi connectivity index (χ2n) is 3.48. The van der Waals surface area contributed by atoms with Crippen molar-refractivity contribution in [3.05, 3.63) is 53.1 Å². The Balaban J connectivity index is 2.26. The third-order valence-electron chi connectivity index (χ3n) is 2.42. The Morgan fingerprint density at radius 1 is 1.06 bits per heavy atom. The van der Waals surface area contributed by atoms with E-state index in [-0.39, 0.29) is 0 Å². The highest BCUT2D eigenvalue weighted by atomic mass is 79.9. The summed E-state index contributed by atoms with van der Waals surface area (Å²) in [5.74, 6) is 0. The first-order valence-electron chi connectivity index (χ1n) is 4.90. The molecule has 2 aromatic heterocycles. The Morgan fingerprint density at radius 3 is 2.88 bits per heavy atom. The lowest BCUT2D eigenvalue weighted by Crippen LogP contribution is -1.83. The van der Waals surface area contributed by atoms with Crippen LogP contribution in [0, 0.1) is 0 Å². The van der Waals surface area contributed by atoms with Crippen molar-refractivity contribution in [1.82, 2.24) is 14.8 Å². The van der Waals surface area contributed by atoms with E-state index in [1.165, 1.54) is 0 Å². The molecule has 3 nitrogen and oxygen atoms in total. The Morgan fingerprint density at radius 2 is 2.00 bits per heavy atom. The van der Waals surface area contributed by atoms with Gasteiger partial charge in [0, 0.05) is 16.2 Å². The van der Waals surface area contributed by atoms with Crippen LogP contribution >= 0.6 is 15.9 Å². The summed E-state index contributed by atoms with van der Waals surface area (Å²) in [5.41, 5.74) is 2.98. The van der Waals surface area contributed by atoms with E-state index < -0.39 is 0 Å². The van der Waals surface area contributed by atoms with Gasteiger partial charge >= 0.3 is 0 Å². The first kappa shape index (κ1) is 9.54. The zero-order chi connectivity index (χ0) is 11.0. The third-order valence-corrected chi connectivity index (χ3v) is 2.91. The molecule has 1 aromatic carbocycles. The minimum atomic E-state index is 0.905. The molecule has 2 heterocycles. The van der Waals surface area contributed by atoms with Crippen molar-refractivity contribution in [2.24, 2.45) is 0 Å². The van der Waals surface area contributed by atoms with Gasteiger partial charge in [0.2, 0.25) is 0 Å². The maximum Gasteiger partial charge on any atom is 0.120 e. The quantitative estimate of drug-likeness (QED) is 0.682. The van der Waals surface area contributed by atoms with Gasteiger partial charge in [-0.15, -0.1) is 5.10 Å². The molecule has 0 saturated carbocycles. The summed E-state index contributed by atoms with van der Waals surface area (Å²) in [6.45, 7) is 0. The normalized spacial score (nSPS) is 10.8. The highest BCUT2D eigenvalue weighted by Gasteiger charge is 2.07. The van der Waals surface area contributed by atoms with Crippen LogP contribution in [0.4, 0.5) is 0 Å². The molecule has 0 spiro atoms. The molecule has 0 bridgehead atoms. The maximum absolute atomic E-state index is 4.20. The molecule has 0 unspecified atom stereocenters. The molecule has 16 heavy (non-hydrogen) atoms. The minimum absolute atomic E-state index is 0.905. The van der Waals surface area contributed by atoms with E-state index in [2.05, 4.69) is 26.2 Å². The number of halogens is 1. The number of benzene rings is 1. The number of hydrogen-bond acceptors (Lipinski definition) is 2. The Kier molecular flexibility index (Phi) is 2.22. The van der Waals surface area contributed by atoms with Crippen molar-refractivity contribution in [3.63, 3.8) is 0 Å². The second-order valence-corrected chi connectivity index (χ2v) is 4.39. The summed E-state index contributed by atoms with van der Waals surface area (Å²) < 4.78 is 2.82. The molecule has 0 amide bonds. The molecular formula is C12H8BrN3. The van der Waals surface area contributed by atoms with Crippen molar-refractivity contribution in [3.8, 4) is 11.3 Å². The van der Waals surface area contributed by atoms with Crippen molar-refractivity contribution < 1.29 is 0 Å². The molecule has 3 aromatic rings. The first-order chi connectivity index (χ1) is 7.84. The van der Waals surface area contributed by atoms with Crippen LogP contribution in [0.1, 0.15) is 0 Å². The van der Waals surface area contributed by atoms with Gasteiger partial charge < -0.3 is 0 Å². The van der Waals surface area contributed by atoms with Crippen LogP contribution in [-0.4, -0.2) is 14.8 Å². The van der Waals surface area contributed by atoms with E-state index in [1.807, 2.05) is 48.7 Å². The van der Waals surface area contributed by atoms with Gasteiger partial charge in [0.25, 0.3) is 0 Å². The van der Waals surface area contributed by atoms with Gasteiger partial charge in [0.15, 0.2) is 0 Å². The molecule has 3 rings (SSSR count). The standard InChI is InChI=1S/C12H8BrN3/c13-10-5-3-4-9(8-10)12-11-6-1-2-7-16(11)15-14-12/h1-8H. The number of rotatable bonds is 1. The number of fused-ring (bicyclic) bond motifs is 1. The zero-order valence-electron chi connectivity index (χ0n) is 8.34. The fourth-order valence-corrected chi connectivity index (χ4v) is 2.08. The third kappa shape index (κ3) is 1.51. The highest BCUT2D eigenvalue weighted by molar-refractivity contribution is 9.10. The van der Waals surface area contributed by atoms with Crippen molar-refractivity contribution in [2.45, 2.75) is 0 Å². The molecule has 0 aliphatic heterocycles. The Bertz CT molecular complexity index is 645. The molecule has 4 heteroatoms. The molecule has 0 aliphatic rings. The minimum Gasteiger partial charge on any atom is -0.220 e. The van der Waals surface area contributed by atoms with E-state index in [9.17, 15) is 0 Å². The van der Waals surface area contributed by atoms with Crippen molar-refractivity contribution in [1.29, 1.82) is 0 Å². The lowest BCUT2D eigenvalue weighted by atomic mass is 10.1. The number of nitrogens with zero attached hydrogens (tertiary/aromatic N) is 3. The largest absolute Gasteiger partial charge is 0.220 e. The van der Waals surface area contributed by atoms with Gasteiger partial charge in [0.1, 0.15) is 5.69 Å². The predicted octanol–water partition coefficient (Wildman–Crippen LogP) is 3.16. The van der Waals surface area contributed by atoms with Crippen LogP contribution in [0.15, 0.2) is 53.1 Å². The summed E-state index contributed by atoms with van der Waals surface area (Å²) in [7, 11) is 0. The molecule has 0 fully saturated rings. The molecule has 0 aliphatic carbocycles. The fraction of sp³-hybridized carbons (Fsp3) is 0. The van der Waals surface area contributed by atoms with E-state index in [0.717, 1.165) is 21.2 Å². The predicted molar refractivity (Wildman–Crippen MR) is 66.1 cm³/mol.